The van der Waals surface area contributed by atoms with Crippen molar-refractivity contribution in [3.63, 3.8) is 0 Å². The van der Waals surface area contributed by atoms with Crippen molar-refractivity contribution in [3.05, 3.63) is 35.7 Å². The highest BCUT2D eigenvalue weighted by molar-refractivity contribution is 8.00. The molecular formula is C19H23N5O2S. The molecule has 2 N–H and O–H groups in total. The Kier molecular flexibility index (Phi) is 4.90. The van der Waals surface area contributed by atoms with Crippen LogP contribution in [0, 0.1) is 0 Å². The van der Waals surface area contributed by atoms with E-state index in [4.69, 9.17) is 5.73 Å². The minimum atomic E-state index is -0.348. The number of nitrogens with zero attached hydrogens (tertiary/aromatic N) is 4. The lowest BCUT2D eigenvalue weighted by Crippen LogP contribution is -2.35. The van der Waals surface area contributed by atoms with Crippen LogP contribution in [0.2, 0.25) is 0 Å². The van der Waals surface area contributed by atoms with E-state index in [9.17, 15) is 9.59 Å². The Morgan fingerprint density at radius 1 is 1.30 bits per heavy atom. The number of rotatable bonds is 7. The standard InChI is InChI=1S/C19H23N5O2S/c1-12(18(26)23-10-8-13-4-2-3-5-15(13)23)27-19-22-21-17(14-6-7-14)24(19)11-9-16(20)25/h2-5,12,14H,6-11H2,1H3,(H2,20,25). The summed E-state index contributed by atoms with van der Waals surface area (Å²) in [5, 5.41) is 9.01. The SMILES string of the molecule is CC(Sc1nnc(C2CC2)n1CCC(N)=O)C(=O)N1CCc2ccccc21. The highest BCUT2D eigenvalue weighted by Gasteiger charge is 2.33. The van der Waals surface area contributed by atoms with Crippen LogP contribution in [0.25, 0.3) is 0 Å². The normalized spacial score (nSPS) is 17.0. The average molecular weight is 385 g/mol. The van der Waals surface area contributed by atoms with E-state index in [1.54, 1.807) is 0 Å². The first kappa shape index (κ1) is 18.0. The molecule has 7 nitrogen and oxygen atoms in total. The zero-order chi connectivity index (χ0) is 19.0. The Morgan fingerprint density at radius 3 is 2.81 bits per heavy atom. The molecule has 2 heterocycles. The van der Waals surface area contributed by atoms with Crippen molar-refractivity contribution >= 4 is 29.3 Å². The van der Waals surface area contributed by atoms with Gasteiger partial charge >= 0.3 is 0 Å². The topological polar surface area (TPSA) is 94.1 Å². The molecule has 1 saturated carbocycles. The van der Waals surface area contributed by atoms with E-state index in [0.717, 1.165) is 30.8 Å². The maximum Gasteiger partial charge on any atom is 0.240 e. The molecule has 1 atom stereocenters. The quantitative estimate of drug-likeness (QED) is 0.737. The van der Waals surface area contributed by atoms with Gasteiger partial charge in [-0.15, -0.1) is 10.2 Å². The summed E-state index contributed by atoms with van der Waals surface area (Å²) in [5.74, 6) is 1.04. The van der Waals surface area contributed by atoms with Crippen molar-refractivity contribution in [1.82, 2.24) is 14.8 Å². The number of benzene rings is 1. The van der Waals surface area contributed by atoms with Gasteiger partial charge in [0.05, 0.1) is 5.25 Å². The maximum absolute atomic E-state index is 13.0. The number of aromatic nitrogens is 3. The second-order valence-corrected chi connectivity index (χ2v) is 8.42. The fourth-order valence-corrected chi connectivity index (χ4v) is 4.40. The molecule has 1 aliphatic heterocycles. The Balaban J connectivity index is 1.50. The van der Waals surface area contributed by atoms with Crippen LogP contribution in [0.4, 0.5) is 5.69 Å². The summed E-state index contributed by atoms with van der Waals surface area (Å²) < 4.78 is 1.97. The lowest BCUT2D eigenvalue weighted by atomic mass is 10.2. The van der Waals surface area contributed by atoms with Crippen molar-refractivity contribution in [3.8, 4) is 0 Å². The molecule has 4 rings (SSSR count). The summed E-state index contributed by atoms with van der Waals surface area (Å²) in [6, 6.07) is 8.04. The van der Waals surface area contributed by atoms with Crippen LogP contribution in [0.1, 0.15) is 43.5 Å². The predicted octanol–water partition coefficient (Wildman–Crippen LogP) is 2.10. The Morgan fingerprint density at radius 2 is 2.07 bits per heavy atom. The van der Waals surface area contributed by atoms with Crippen molar-refractivity contribution in [2.45, 2.75) is 55.5 Å². The lowest BCUT2D eigenvalue weighted by molar-refractivity contribution is -0.118. The summed E-state index contributed by atoms with van der Waals surface area (Å²) in [7, 11) is 0. The Bertz CT molecular complexity index is 877. The van der Waals surface area contributed by atoms with Crippen LogP contribution >= 0.6 is 11.8 Å². The number of anilines is 1. The van der Waals surface area contributed by atoms with E-state index >= 15 is 0 Å². The van der Waals surface area contributed by atoms with Gasteiger partial charge in [0.2, 0.25) is 11.8 Å². The molecule has 0 radical (unpaired) electrons. The smallest absolute Gasteiger partial charge is 0.240 e. The zero-order valence-corrected chi connectivity index (χ0v) is 16.1. The number of hydrogen-bond donors (Lipinski definition) is 1. The number of hydrogen-bond acceptors (Lipinski definition) is 5. The van der Waals surface area contributed by atoms with Crippen LogP contribution in [-0.4, -0.2) is 38.4 Å². The van der Waals surface area contributed by atoms with Crippen molar-refractivity contribution in [1.29, 1.82) is 0 Å². The largest absolute Gasteiger partial charge is 0.370 e. The molecule has 27 heavy (non-hydrogen) atoms. The number of primary amides is 1. The van der Waals surface area contributed by atoms with Gasteiger partial charge in [-0.25, -0.2) is 0 Å². The third-order valence-corrected chi connectivity index (χ3v) is 6.12. The fraction of sp³-hybridized carbons (Fsp3) is 0.474. The summed E-state index contributed by atoms with van der Waals surface area (Å²) >= 11 is 1.40. The minimum Gasteiger partial charge on any atom is -0.370 e. The maximum atomic E-state index is 13.0. The fourth-order valence-electron chi connectivity index (χ4n) is 3.46. The monoisotopic (exact) mass is 385 g/mol. The van der Waals surface area contributed by atoms with Gasteiger partial charge in [-0.3, -0.25) is 9.59 Å². The molecule has 0 bridgehead atoms. The van der Waals surface area contributed by atoms with Crippen LogP contribution in [0.3, 0.4) is 0 Å². The third kappa shape index (κ3) is 3.71. The van der Waals surface area contributed by atoms with E-state index in [-0.39, 0.29) is 23.5 Å². The van der Waals surface area contributed by atoms with Gasteiger partial charge in [0.25, 0.3) is 0 Å². The average Bonchev–Trinajstić information content (AvgIpc) is 3.29. The number of carbonyl (C=O) groups is 2. The van der Waals surface area contributed by atoms with Crippen molar-refractivity contribution in [2.75, 3.05) is 11.4 Å². The molecule has 2 aromatic rings. The Hall–Kier alpha value is -2.35. The molecule has 8 heteroatoms. The van der Waals surface area contributed by atoms with Crippen LogP contribution < -0.4 is 10.6 Å². The van der Waals surface area contributed by atoms with Gasteiger partial charge in [-0.2, -0.15) is 0 Å². The molecule has 0 saturated heterocycles. The summed E-state index contributed by atoms with van der Waals surface area (Å²) in [5.41, 5.74) is 7.53. The summed E-state index contributed by atoms with van der Waals surface area (Å²) in [6.07, 6.45) is 3.32. The van der Waals surface area contributed by atoms with E-state index < -0.39 is 0 Å². The van der Waals surface area contributed by atoms with Crippen LogP contribution in [0.15, 0.2) is 29.4 Å². The lowest BCUT2D eigenvalue weighted by Gasteiger charge is -2.21. The molecule has 1 fully saturated rings. The second kappa shape index (κ2) is 7.34. The molecule has 1 aromatic heterocycles. The van der Waals surface area contributed by atoms with Gasteiger partial charge in [-0.1, -0.05) is 30.0 Å². The van der Waals surface area contributed by atoms with Gasteiger partial charge < -0.3 is 15.2 Å². The molecule has 1 unspecified atom stereocenters. The van der Waals surface area contributed by atoms with Crippen LogP contribution in [-0.2, 0) is 22.6 Å². The van der Waals surface area contributed by atoms with E-state index in [0.29, 0.717) is 24.2 Å². The van der Waals surface area contributed by atoms with E-state index in [1.807, 2.05) is 34.6 Å². The van der Waals surface area contributed by atoms with Gasteiger partial charge in [0.15, 0.2) is 5.16 Å². The molecule has 142 valence electrons. The van der Waals surface area contributed by atoms with Crippen molar-refractivity contribution in [2.24, 2.45) is 5.73 Å². The summed E-state index contributed by atoms with van der Waals surface area (Å²) in [4.78, 5) is 26.1. The number of para-hydroxylation sites is 1. The molecule has 1 aliphatic carbocycles. The molecule has 0 spiro atoms. The highest BCUT2D eigenvalue weighted by atomic mass is 32.2. The number of fused-ring (bicyclic) bond motifs is 1. The first-order valence-corrected chi connectivity index (χ1v) is 10.2. The van der Waals surface area contributed by atoms with Gasteiger partial charge in [0, 0.05) is 31.1 Å². The van der Waals surface area contributed by atoms with Crippen LogP contribution in [0.5, 0.6) is 0 Å². The molecule has 1 aromatic carbocycles. The number of amides is 2. The molecule has 2 aliphatic rings. The third-order valence-electron chi connectivity index (χ3n) is 5.05. The highest BCUT2D eigenvalue weighted by Crippen LogP contribution is 2.40. The number of thioether (sulfide) groups is 1. The van der Waals surface area contributed by atoms with Crippen molar-refractivity contribution < 1.29 is 9.59 Å². The zero-order valence-electron chi connectivity index (χ0n) is 15.3. The van der Waals surface area contributed by atoms with E-state index in [1.165, 1.54) is 17.3 Å². The first-order chi connectivity index (χ1) is 13.0. The summed E-state index contributed by atoms with van der Waals surface area (Å²) in [6.45, 7) is 3.08. The number of nitrogens with two attached hydrogens (primary N) is 1. The minimum absolute atomic E-state index is 0.0716. The van der Waals surface area contributed by atoms with Gasteiger partial charge in [0.1, 0.15) is 5.82 Å². The predicted molar refractivity (Wildman–Crippen MR) is 104 cm³/mol. The molecule has 2 amide bonds. The number of carbonyl (C=O) groups excluding carboxylic acids is 2. The second-order valence-electron chi connectivity index (χ2n) is 7.11. The molecular weight excluding hydrogens is 362 g/mol. The first-order valence-electron chi connectivity index (χ1n) is 9.32. The van der Waals surface area contributed by atoms with E-state index in [2.05, 4.69) is 16.3 Å². The Labute approximate surface area is 162 Å². The van der Waals surface area contributed by atoms with Gasteiger partial charge in [-0.05, 0) is 37.8 Å².